The Morgan fingerprint density at radius 2 is 2.00 bits per heavy atom. The van der Waals surface area contributed by atoms with Gasteiger partial charge in [0.25, 0.3) is 0 Å². The zero-order chi connectivity index (χ0) is 19.5. The average Bonchev–Trinajstić information content (AvgIpc) is 3.20. The highest BCUT2D eigenvalue weighted by Crippen LogP contribution is 2.32. The number of para-hydroxylation sites is 2. The Bertz CT molecular complexity index is 1160. The topological polar surface area (TPSA) is 105 Å². The third-order valence-corrected chi connectivity index (χ3v) is 4.13. The van der Waals surface area contributed by atoms with Crippen molar-refractivity contribution in [2.75, 3.05) is 7.11 Å². The lowest BCUT2D eigenvalue weighted by molar-refractivity contribution is -0.385. The average molecular weight is 377 g/mol. The van der Waals surface area contributed by atoms with E-state index < -0.39 is 4.92 Å². The van der Waals surface area contributed by atoms with Gasteiger partial charge in [-0.15, -0.1) is 5.10 Å². The normalized spacial score (nSPS) is 10.8. The van der Waals surface area contributed by atoms with Crippen LogP contribution in [0.4, 0.5) is 5.69 Å². The lowest BCUT2D eigenvalue weighted by atomic mass is 10.2. The van der Waals surface area contributed by atoms with Crippen molar-refractivity contribution in [3.63, 3.8) is 0 Å². The Morgan fingerprint density at radius 3 is 2.82 bits per heavy atom. The third-order valence-electron chi connectivity index (χ3n) is 4.13. The van der Waals surface area contributed by atoms with Gasteiger partial charge < -0.3 is 9.47 Å². The summed E-state index contributed by atoms with van der Waals surface area (Å²) in [5.41, 5.74) is 1.73. The second kappa shape index (κ2) is 7.31. The van der Waals surface area contributed by atoms with Crippen LogP contribution in [0.25, 0.3) is 16.6 Å². The summed E-state index contributed by atoms with van der Waals surface area (Å²) < 4.78 is 12.6. The first kappa shape index (κ1) is 17.4. The van der Waals surface area contributed by atoms with E-state index in [0.717, 1.165) is 5.69 Å². The number of hydrogen-bond donors (Lipinski definition) is 0. The van der Waals surface area contributed by atoms with Crippen LogP contribution in [0.1, 0.15) is 5.69 Å². The number of rotatable bonds is 6. The highest BCUT2D eigenvalue weighted by molar-refractivity contribution is 5.83. The minimum Gasteiger partial charge on any atom is -0.494 e. The molecule has 28 heavy (non-hydrogen) atoms. The fraction of sp³-hybridized carbons (Fsp3) is 0.105. The van der Waals surface area contributed by atoms with Crippen LogP contribution in [0, 0.1) is 10.1 Å². The molecule has 0 radical (unpaired) electrons. The van der Waals surface area contributed by atoms with Gasteiger partial charge in [-0.05, 0) is 18.2 Å². The quantitative estimate of drug-likeness (QED) is 0.375. The minimum absolute atomic E-state index is 0.0222. The van der Waals surface area contributed by atoms with Gasteiger partial charge in [-0.25, -0.2) is 4.68 Å². The first-order valence-corrected chi connectivity index (χ1v) is 8.36. The predicted molar refractivity (Wildman–Crippen MR) is 101 cm³/mol. The number of nitrogens with zero attached hydrogens (tertiary/aromatic N) is 5. The summed E-state index contributed by atoms with van der Waals surface area (Å²) in [6.07, 6.45) is 3.31. The standard InChI is InChI=1S/C19H15N5O4/c1-27-18-7-3-2-6-16(18)23-11-14(21-22-23)12-28-19-10-15-13(5-4-8-20-15)9-17(19)24(25)26/h2-11H,12H2,1H3. The smallest absolute Gasteiger partial charge is 0.311 e. The largest absolute Gasteiger partial charge is 0.494 e. The first-order chi connectivity index (χ1) is 13.7. The van der Waals surface area contributed by atoms with E-state index in [-0.39, 0.29) is 18.0 Å². The van der Waals surface area contributed by atoms with Gasteiger partial charge in [-0.3, -0.25) is 15.1 Å². The molecule has 0 aliphatic carbocycles. The van der Waals surface area contributed by atoms with Crippen molar-refractivity contribution in [1.82, 2.24) is 20.0 Å². The number of ether oxygens (including phenoxy) is 2. The molecule has 0 saturated heterocycles. The number of nitro groups is 1. The summed E-state index contributed by atoms with van der Waals surface area (Å²) in [7, 11) is 1.58. The number of aromatic nitrogens is 4. The van der Waals surface area contributed by atoms with E-state index in [1.165, 1.54) is 6.07 Å². The molecule has 4 aromatic rings. The van der Waals surface area contributed by atoms with Crippen LogP contribution in [-0.2, 0) is 6.61 Å². The minimum atomic E-state index is -0.479. The van der Waals surface area contributed by atoms with Crippen molar-refractivity contribution < 1.29 is 14.4 Å². The maximum absolute atomic E-state index is 11.4. The van der Waals surface area contributed by atoms with Gasteiger partial charge in [-0.2, -0.15) is 0 Å². The first-order valence-electron chi connectivity index (χ1n) is 8.36. The molecule has 0 aliphatic rings. The summed E-state index contributed by atoms with van der Waals surface area (Å²) in [5.74, 6) is 0.777. The summed E-state index contributed by atoms with van der Waals surface area (Å²) in [6, 6.07) is 13.9. The van der Waals surface area contributed by atoms with E-state index in [4.69, 9.17) is 9.47 Å². The maximum atomic E-state index is 11.4. The number of hydrogen-bond acceptors (Lipinski definition) is 7. The monoisotopic (exact) mass is 377 g/mol. The molecular formula is C19H15N5O4. The van der Waals surface area contributed by atoms with Crippen molar-refractivity contribution in [3.05, 3.63) is 76.7 Å². The molecule has 0 unspecified atom stereocenters. The van der Waals surface area contributed by atoms with Gasteiger partial charge in [0.05, 0.1) is 23.7 Å². The molecule has 0 amide bonds. The zero-order valence-corrected chi connectivity index (χ0v) is 14.8. The third kappa shape index (κ3) is 3.32. The highest BCUT2D eigenvalue weighted by Gasteiger charge is 2.18. The Labute approximate surface area is 159 Å². The Hall–Kier alpha value is -4.01. The summed E-state index contributed by atoms with van der Waals surface area (Å²) in [6.45, 7) is 0.0222. The molecular weight excluding hydrogens is 362 g/mol. The SMILES string of the molecule is COc1ccccc1-n1cc(COc2cc3ncccc3cc2[N+](=O)[O-])nn1. The van der Waals surface area contributed by atoms with E-state index in [0.29, 0.717) is 22.3 Å². The van der Waals surface area contributed by atoms with Crippen LogP contribution in [0.2, 0.25) is 0 Å². The van der Waals surface area contributed by atoms with Gasteiger partial charge in [0, 0.05) is 23.7 Å². The molecule has 9 nitrogen and oxygen atoms in total. The fourth-order valence-electron chi connectivity index (χ4n) is 2.80. The van der Waals surface area contributed by atoms with Crippen LogP contribution in [0.3, 0.4) is 0 Å². The summed E-state index contributed by atoms with van der Waals surface area (Å²) in [5, 5.41) is 20.2. The van der Waals surface area contributed by atoms with E-state index in [1.54, 1.807) is 42.4 Å². The number of methoxy groups -OCH3 is 1. The lowest BCUT2D eigenvalue weighted by Gasteiger charge is -2.07. The van der Waals surface area contributed by atoms with Crippen molar-refractivity contribution in [1.29, 1.82) is 0 Å². The molecule has 0 atom stereocenters. The number of pyridine rings is 1. The molecule has 2 aromatic carbocycles. The molecule has 0 spiro atoms. The predicted octanol–water partition coefficient (Wildman–Crippen LogP) is 3.31. The van der Waals surface area contributed by atoms with Crippen LogP contribution in [0.15, 0.2) is 60.9 Å². The van der Waals surface area contributed by atoms with Gasteiger partial charge in [0.1, 0.15) is 23.7 Å². The van der Waals surface area contributed by atoms with Gasteiger partial charge in [0.2, 0.25) is 0 Å². The van der Waals surface area contributed by atoms with Crippen LogP contribution in [-0.4, -0.2) is 32.0 Å². The van der Waals surface area contributed by atoms with Crippen LogP contribution < -0.4 is 9.47 Å². The molecule has 2 heterocycles. The number of benzene rings is 2. The molecule has 140 valence electrons. The van der Waals surface area contributed by atoms with Gasteiger partial charge in [0.15, 0.2) is 5.75 Å². The molecule has 0 bridgehead atoms. The second-order valence-corrected chi connectivity index (χ2v) is 5.89. The van der Waals surface area contributed by atoms with Crippen molar-refractivity contribution >= 4 is 16.6 Å². The van der Waals surface area contributed by atoms with E-state index in [2.05, 4.69) is 15.3 Å². The van der Waals surface area contributed by atoms with E-state index in [9.17, 15) is 10.1 Å². The highest BCUT2D eigenvalue weighted by atomic mass is 16.6. The zero-order valence-electron chi connectivity index (χ0n) is 14.8. The van der Waals surface area contributed by atoms with E-state index in [1.807, 2.05) is 24.3 Å². The fourth-order valence-corrected chi connectivity index (χ4v) is 2.80. The Morgan fingerprint density at radius 1 is 1.14 bits per heavy atom. The van der Waals surface area contributed by atoms with E-state index >= 15 is 0 Å². The van der Waals surface area contributed by atoms with Gasteiger partial charge >= 0.3 is 5.69 Å². The Kier molecular flexibility index (Phi) is 4.55. The van der Waals surface area contributed by atoms with Crippen LogP contribution in [0.5, 0.6) is 11.5 Å². The molecule has 0 saturated carbocycles. The molecule has 0 aliphatic heterocycles. The van der Waals surface area contributed by atoms with Crippen molar-refractivity contribution in [3.8, 4) is 17.2 Å². The van der Waals surface area contributed by atoms with Gasteiger partial charge in [-0.1, -0.05) is 23.4 Å². The summed E-state index contributed by atoms with van der Waals surface area (Å²) >= 11 is 0. The molecule has 0 fully saturated rings. The molecule has 9 heteroatoms. The maximum Gasteiger partial charge on any atom is 0.311 e. The van der Waals surface area contributed by atoms with Crippen molar-refractivity contribution in [2.24, 2.45) is 0 Å². The second-order valence-electron chi connectivity index (χ2n) is 5.89. The molecule has 2 aromatic heterocycles. The lowest BCUT2D eigenvalue weighted by Crippen LogP contribution is -2.00. The van der Waals surface area contributed by atoms with Crippen molar-refractivity contribution in [2.45, 2.75) is 6.61 Å². The Balaban J connectivity index is 1.59. The van der Waals surface area contributed by atoms with Crippen LogP contribution >= 0.6 is 0 Å². The molecule has 0 N–H and O–H groups in total. The number of fused-ring (bicyclic) bond motifs is 1. The summed E-state index contributed by atoms with van der Waals surface area (Å²) in [4.78, 5) is 15.1. The number of nitro benzene ring substituents is 1. The molecule has 4 rings (SSSR count).